The molecule has 150 valence electrons. The monoisotopic (exact) mass is 413 g/mol. The van der Waals surface area contributed by atoms with E-state index in [1.54, 1.807) is 7.11 Å². The van der Waals surface area contributed by atoms with Gasteiger partial charge < -0.3 is 14.6 Å². The highest BCUT2D eigenvalue weighted by Crippen LogP contribution is 2.39. The van der Waals surface area contributed by atoms with Crippen LogP contribution >= 0.6 is 11.3 Å². The van der Waals surface area contributed by atoms with Crippen LogP contribution in [0.2, 0.25) is 0 Å². The summed E-state index contributed by atoms with van der Waals surface area (Å²) in [4.78, 5) is 6.14. The van der Waals surface area contributed by atoms with Gasteiger partial charge in [-0.3, -0.25) is 0 Å². The maximum absolute atomic E-state index is 5.62. The predicted octanol–water partition coefficient (Wildman–Crippen LogP) is 6.82. The number of nitrogens with one attached hydrogen (secondary N) is 1. The first-order valence-corrected chi connectivity index (χ1v) is 10.7. The van der Waals surface area contributed by atoms with Gasteiger partial charge in [0.25, 0.3) is 0 Å². The van der Waals surface area contributed by atoms with E-state index in [4.69, 9.17) is 9.72 Å². The van der Waals surface area contributed by atoms with E-state index < -0.39 is 0 Å². The maximum Gasteiger partial charge on any atom is 0.208 e. The average molecular weight is 414 g/mol. The summed E-state index contributed by atoms with van der Waals surface area (Å²) in [7, 11) is 3.76. The molecule has 0 amide bonds. The molecule has 4 nitrogen and oxygen atoms in total. The number of benzene rings is 3. The molecule has 0 bridgehead atoms. The molecule has 3 aromatic carbocycles. The van der Waals surface area contributed by atoms with E-state index in [2.05, 4.69) is 85.4 Å². The second-order valence-corrected chi connectivity index (χ2v) is 8.68. The second kappa shape index (κ2) is 7.18. The molecule has 0 spiro atoms. The molecule has 0 unspecified atom stereocenters. The Balaban J connectivity index is 1.65. The van der Waals surface area contributed by atoms with Crippen LogP contribution in [0.4, 0.5) is 11.6 Å². The number of aryl methyl sites for hydroxylation is 3. The lowest BCUT2D eigenvalue weighted by atomic mass is 10.1. The highest BCUT2D eigenvalue weighted by atomic mass is 32.1. The van der Waals surface area contributed by atoms with Gasteiger partial charge in [-0.05, 0) is 54.6 Å². The first-order valence-electron chi connectivity index (χ1n) is 9.92. The molecule has 5 heteroatoms. The molecule has 2 heterocycles. The van der Waals surface area contributed by atoms with Crippen LogP contribution in [0.15, 0.2) is 60.7 Å². The Morgan fingerprint density at radius 1 is 1.00 bits per heavy atom. The molecule has 0 aliphatic heterocycles. The van der Waals surface area contributed by atoms with E-state index >= 15 is 0 Å². The molecule has 0 aliphatic rings. The van der Waals surface area contributed by atoms with Crippen molar-refractivity contribution in [2.75, 3.05) is 12.4 Å². The number of thiophene rings is 1. The molecule has 5 rings (SSSR count). The van der Waals surface area contributed by atoms with Gasteiger partial charge in [-0.2, -0.15) is 0 Å². The Bertz CT molecular complexity index is 1360. The molecular weight excluding hydrogens is 390 g/mol. The third-order valence-corrected chi connectivity index (χ3v) is 6.63. The van der Waals surface area contributed by atoms with Gasteiger partial charge in [0, 0.05) is 22.2 Å². The van der Waals surface area contributed by atoms with Gasteiger partial charge in [-0.25, -0.2) is 4.98 Å². The van der Waals surface area contributed by atoms with E-state index in [-0.39, 0.29) is 0 Å². The van der Waals surface area contributed by atoms with Gasteiger partial charge >= 0.3 is 0 Å². The van der Waals surface area contributed by atoms with E-state index in [1.807, 2.05) is 17.4 Å². The number of methoxy groups -OCH3 is 1. The third-order valence-electron chi connectivity index (χ3n) is 5.49. The van der Waals surface area contributed by atoms with Crippen molar-refractivity contribution in [1.29, 1.82) is 0 Å². The summed E-state index contributed by atoms with van der Waals surface area (Å²) < 4.78 is 9.05. The topological polar surface area (TPSA) is 39.1 Å². The van der Waals surface area contributed by atoms with E-state index in [1.165, 1.54) is 26.1 Å². The van der Waals surface area contributed by atoms with Gasteiger partial charge in [-0.15, -0.1) is 11.3 Å². The largest absolute Gasteiger partial charge is 0.495 e. The molecule has 0 fully saturated rings. The molecule has 0 aliphatic carbocycles. The van der Waals surface area contributed by atoms with Crippen molar-refractivity contribution in [3.63, 3.8) is 0 Å². The quantitative estimate of drug-likeness (QED) is 0.351. The van der Waals surface area contributed by atoms with Crippen molar-refractivity contribution in [2.45, 2.75) is 13.8 Å². The zero-order chi connectivity index (χ0) is 20.8. The Hall–Kier alpha value is -3.31. The number of hydrogen-bond donors (Lipinski definition) is 1. The molecule has 0 radical (unpaired) electrons. The number of imidazole rings is 1. The van der Waals surface area contributed by atoms with Gasteiger partial charge in [0.1, 0.15) is 5.75 Å². The molecular formula is C25H23N3OS. The molecule has 5 aromatic rings. The van der Waals surface area contributed by atoms with Crippen molar-refractivity contribution < 1.29 is 4.74 Å². The van der Waals surface area contributed by atoms with Gasteiger partial charge in [0.2, 0.25) is 5.95 Å². The molecule has 2 aromatic heterocycles. The van der Waals surface area contributed by atoms with Crippen LogP contribution in [0.3, 0.4) is 0 Å². The van der Waals surface area contributed by atoms with Crippen LogP contribution in [-0.4, -0.2) is 16.7 Å². The summed E-state index contributed by atoms with van der Waals surface area (Å²) in [6, 6.07) is 21.3. The standard InChI is InChI=1S/C25H23N3OS/c1-15-12-16(2)23(20(13-15)29-4)27-25-26-19-10-7-9-18(24(19)28(25)3)22-14-17-8-5-6-11-21(17)30-22/h5-14H,1-4H3,(H,26,27). The minimum absolute atomic E-state index is 0.795. The van der Waals surface area contributed by atoms with E-state index in [9.17, 15) is 0 Å². The Labute approximate surface area is 179 Å². The number of ether oxygens (including phenoxy) is 1. The molecule has 0 saturated carbocycles. The molecule has 1 N–H and O–H groups in total. The van der Waals surface area contributed by atoms with Gasteiger partial charge in [0.15, 0.2) is 0 Å². The van der Waals surface area contributed by atoms with Crippen LogP contribution in [0.1, 0.15) is 11.1 Å². The van der Waals surface area contributed by atoms with E-state index in [0.29, 0.717) is 0 Å². The van der Waals surface area contributed by atoms with Crippen LogP contribution in [0.25, 0.3) is 31.6 Å². The summed E-state index contributed by atoms with van der Waals surface area (Å²) in [5.74, 6) is 1.62. The fraction of sp³-hybridized carbons (Fsp3) is 0.160. The number of rotatable bonds is 4. The average Bonchev–Trinajstić information content (AvgIpc) is 3.31. The smallest absolute Gasteiger partial charge is 0.208 e. The normalized spacial score (nSPS) is 11.3. The third kappa shape index (κ3) is 3.02. The zero-order valence-corrected chi connectivity index (χ0v) is 18.3. The summed E-state index contributed by atoms with van der Waals surface area (Å²) in [6.07, 6.45) is 0. The highest BCUT2D eigenvalue weighted by molar-refractivity contribution is 7.22. The summed E-state index contributed by atoms with van der Waals surface area (Å²) >= 11 is 1.82. The number of aromatic nitrogens is 2. The minimum atomic E-state index is 0.795. The molecule has 30 heavy (non-hydrogen) atoms. The lowest BCUT2D eigenvalue weighted by Crippen LogP contribution is -2.03. The Morgan fingerprint density at radius 3 is 2.63 bits per heavy atom. The van der Waals surface area contributed by atoms with Gasteiger partial charge in [0.05, 0.1) is 23.8 Å². The Morgan fingerprint density at radius 2 is 1.83 bits per heavy atom. The minimum Gasteiger partial charge on any atom is -0.495 e. The van der Waals surface area contributed by atoms with Crippen LogP contribution in [0.5, 0.6) is 5.75 Å². The fourth-order valence-corrected chi connectivity index (χ4v) is 5.14. The number of hydrogen-bond acceptors (Lipinski definition) is 4. The van der Waals surface area contributed by atoms with Crippen LogP contribution in [0, 0.1) is 13.8 Å². The fourth-order valence-electron chi connectivity index (χ4n) is 4.06. The van der Waals surface area contributed by atoms with Crippen molar-refractivity contribution in [2.24, 2.45) is 7.05 Å². The maximum atomic E-state index is 5.62. The second-order valence-electron chi connectivity index (χ2n) is 7.60. The zero-order valence-electron chi connectivity index (χ0n) is 17.5. The number of anilines is 2. The summed E-state index contributed by atoms with van der Waals surface area (Å²) in [5, 5.41) is 4.79. The predicted molar refractivity (Wildman–Crippen MR) is 127 cm³/mol. The summed E-state index contributed by atoms with van der Waals surface area (Å²) in [5.41, 5.74) is 6.54. The van der Waals surface area contributed by atoms with Crippen LogP contribution in [-0.2, 0) is 7.05 Å². The SMILES string of the molecule is COc1cc(C)cc(C)c1Nc1nc2cccc(-c3cc4ccccc4s3)c2n1C. The first-order chi connectivity index (χ1) is 14.5. The number of nitrogens with zero attached hydrogens (tertiary/aromatic N) is 2. The van der Waals surface area contributed by atoms with Crippen molar-refractivity contribution in [1.82, 2.24) is 9.55 Å². The van der Waals surface area contributed by atoms with E-state index in [0.717, 1.165) is 34.0 Å². The van der Waals surface area contributed by atoms with Gasteiger partial charge in [-0.1, -0.05) is 36.4 Å². The molecule has 0 saturated heterocycles. The summed E-state index contributed by atoms with van der Waals surface area (Å²) in [6.45, 7) is 4.16. The molecule has 0 atom stereocenters. The van der Waals surface area contributed by atoms with Crippen LogP contribution < -0.4 is 10.1 Å². The Kier molecular flexibility index (Phi) is 4.48. The van der Waals surface area contributed by atoms with Crippen molar-refractivity contribution in [3.8, 4) is 16.2 Å². The number of fused-ring (bicyclic) bond motifs is 2. The number of para-hydroxylation sites is 1. The van der Waals surface area contributed by atoms with Crippen molar-refractivity contribution >= 4 is 44.1 Å². The van der Waals surface area contributed by atoms with Crippen molar-refractivity contribution in [3.05, 3.63) is 71.8 Å². The highest BCUT2D eigenvalue weighted by Gasteiger charge is 2.17. The first kappa shape index (κ1) is 18.7. The lowest BCUT2D eigenvalue weighted by molar-refractivity contribution is 0.416. The lowest BCUT2D eigenvalue weighted by Gasteiger charge is -2.15.